The van der Waals surface area contributed by atoms with E-state index in [-0.39, 0.29) is 36.7 Å². The average Bonchev–Trinajstić information content (AvgIpc) is 3.93. The van der Waals surface area contributed by atoms with Gasteiger partial charge in [-0.15, -0.1) is 0 Å². The number of hydrogen-bond acceptors (Lipinski definition) is 10. The molecular formula is C36H49FN6O8S. The van der Waals surface area contributed by atoms with Gasteiger partial charge in [-0.1, -0.05) is 31.1 Å². The maximum Gasteiger partial charge on any atom is 0.408 e. The normalized spacial score (nSPS) is 28.5. The highest BCUT2D eigenvalue weighted by Gasteiger charge is 2.62. The summed E-state index contributed by atoms with van der Waals surface area (Å²) in [5.41, 5.74) is -1.43. The van der Waals surface area contributed by atoms with Crippen molar-refractivity contribution >= 4 is 39.0 Å². The Labute approximate surface area is 303 Å². The average molecular weight is 745 g/mol. The molecule has 4 aliphatic rings. The molecule has 6 rings (SSSR count). The maximum absolute atomic E-state index is 14.7. The van der Waals surface area contributed by atoms with Gasteiger partial charge < -0.3 is 30.1 Å². The van der Waals surface area contributed by atoms with E-state index in [0.717, 1.165) is 12.8 Å². The van der Waals surface area contributed by atoms with Gasteiger partial charge in [0.25, 0.3) is 0 Å². The molecule has 1 aromatic heterocycles. The van der Waals surface area contributed by atoms with Crippen molar-refractivity contribution in [3.05, 3.63) is 41.9 Å². The number of fused-ring (bicyclic) bond motifs is 3. The molecule has 52 heavy (non-hydrogen) atoms. The van der Waals surface area contributed by atoms with Gasteiger partial charge in [0.2, 0.25) is 27.7 Å². The van der Waals surface area contributed by atoms with Gasteiger partial charge in [0.15, 0.2) is 5.82 Å². The molecule has 4 N–H and O–H groups in total. The topological polar surface area (TPSA) is 189 Å². The van der Waals surface area contributed by atoms with Gasteiger partial charge in [0.05, 0.1) is 22.3 Å². The van der Waals surface area contributed by atoms with Gasteiger partial charge in [-0.05, 0) is 85.3 Å². The lowest BCUT2D eigenvalue weighted by Crippen LogP contribution is -2.60. The number of alkyl carbamates (subject to hydrolysis) is 1. The molecular weight excluding hydrogens is 695 g/mol. The molecule has 0 bridgehead atoms. The van der Waals surface area contributed by atoms with Crippen LogP contribution in [0.15, 0.2) is 30.4 Å². The molecule has 0 radical (unpaired) electrons. The maximum atomic E-state index is 14.7. The zero-order valence-electron chi connectivity index (χ0n) is 30.3. The molecule has 2 saturated carbocycles. The summed E-state index contributed by atoms with van der Waals surface area (Å²) >= 11 is 0. The summed E-state index contributed by atoms with van der Waals surface area (Å²) in [6.07, 6.45) is 4.99. The fraction of sp³-hybridized carbons (Fsp3) is 0.639. The Hall–Kier alpha value is -3.89. The number of ether oxygens (including phenoxy) is 2. The molecule has 284 valence electrons. The number of nitrogens with one attached hydrogen (secondary N) is 3. The second-order valence-corrected chi connectivity index (χ2v) is 18.0. The number of para-hydroxylation sites is 1. The number of allylic oxidation sites excluding steroid dienone is 1. The lowest BCUT2D eigenvalue weighted by atomic mass is 10.0. The molecule has 2 aliphatic carbocycles. The molecule has 3 amide bonds. The van der Waals surface area contributed by atoms with Crippen LogP contribution in [0.5, 0.6) is 5.88 Å². The van der Waals surface area contributed by atoms with Gasteiger partial charge in [-0.3, -0.25) is 9.59 Å². The van der Waals surface area contributed by atoms with Crippen LogP contribution in [0, 0.1) is 18.7 Å². The SMILES string of the molecule is Cc1nc2cccc(F)c2nc1OC1CC2C(=O)NC3(C(O)NS(=O)(=O)C4(C)CC4)CC3C=CCCCCCC(NC(=O)OC(C)(C)C)C(=O)N2C1. The third-order valence-corrected chi connectivity index (χ3v) is 12.6. The Morgan fingerprint density at radius 3 is 2.63 bits per heavy atom. The van der Waals surface area contributed by atoms with Crippen LogP contribution in [0.1, 0.15) is 91.2 Å². The highest BCUT2D eigenvalue weighted by molar-refractivity contribution is 7.91. The summed E-state index contributed by atoms with van der Waals surface area (Å²) in [5.74, 6) is -2.05. The van der Waals surface area contributed by atoms with Gasteiger partial charge in [0.1, 0.15) is 41.2 Å². The molecule has 2 aromatic rings. The van der Waals surface area contributed by atoms with Crippen LogP contribution in [0.25, 0.3) is 11.0 Å². The summed E-state index contributed by atoms with van der Waals surface area (Å²) in [5, 5.41) is 17.1. The molecule has 2 aliphatic heterocycles. The van der Waals surface area contributed by atoms with E-state index < -0.39 is 74.1 Å². The van der Waals surface area contributed by atoms with Crippen LogP contribution in [0.3, 0.4) is 0 Å². The van der Waals surface area contributed by atoms with Crippen molar-refractivity contribution in [3.8, 4) is 5.88 Å². The summed E-state index contributed by atoms with van der Waals surface area (Å²) in [7, 11) is -3.91. The molecule has 3 heterocycles. The number of benzene rings is 1. The van der Waals surface area contributed by atoms with Crippen molar-refractivity contribution < 1.29 is 41.8 Å². The van der Waals surface area contributed by atoms with Crippen LogP contribution >= 0.6 is 0 Å². The fourth-order valence-electron chi connectivity index (χ4n) is 6.94. The van der Waals surface area contributed by atoms with E-state index in [4.69, 9.17) is 9.47 Å². The summed E-state index contributed by atoms with van der Waals surface area (Å²) in [4.78, 5) is 51.8. The van der Waals surface area contributed by atoms with Crippen LogP contribution in [-0.4, -0.2) is 93.1 Å². The van der Waals surface area contributed by atoms with Crippen LogP contribution in [0.4, 0.5) is 9.18 Å². The van der Waals surface area contributed by atoms with Crippen molar-refractivity contribution in [1.82, 2.24) is 30.2 Å². The Morgan fingerprint density at radius 1 is 1.17 bits per heavy atom. The predicted octanol–water partition coefficient (Wildman–Crippen LogP) is 3.50. The van der Waals surface area contributed by atoms with Gasteiger partial charge >= 0.3 is 6.09 Å². The van der Waals surface area contributed by atoms with Crippen LogP contribution < -0.4 is 20.1 Å². The third-order valence-electron chi connectivity index (χ3n) is 10.4. The first-order valence-electron chi connectivity index (χ1n) is 18.0. The molecule has 16 heteroatoms. The minimum absolute atomic E-state index is 0.0103. The molecule has 1 saturated heterocycles. The summed E-state index contributed by atoms with van der Waals surface area (Å²) < 4.78 is 54.1. The van der Waals surface area contributed by atoms with Gasteiger partial charge in [-0.2, -0.15) is 4.72 Å². The quantitative estimate of drug-likeness (QED) is 0.241. The number of nitrogens with zero attached hydrogens (tertiary/aromatic N) is 3. The van der Waals surface area contributed by atoms with Crippen molar-refractivity contribution in [2.24, 2.45) is 5.92 Å². The zero-order valence-corrected chi connectivity index (χ0v) is 31.1. The predicted molar refractivity (Wildman–Crippen MR) is 189 cm³/mol. The number of aromatic nitrogens is 2. The van der Waals surface area contributed by atoms with Gasteiger partial charge in [-0.25, -0.2) is 27.6 Å². The van der Waals surface area contributed by atoms with Crippen molar-refractivity contribution in [2.75, 3.05) is 6.54 Å². The largest absolute Gasteiger partial charge is 0.471 e. The molecule has 1 aromatic carbocycles. The van der Waals surface area contributed by atoms with E-state index in [1.807, 2.05) is 12.2 Å². The third kappa shape index (κ3) is 8.03. The monoisotopic (exact) mass is 744 g/mol. The second kappa shape index (κ2) is 14.2. The Balaban J connectivity index is 1.31. The first-order chi connectivity index (χ1) is 24.4. The lowest BCUT2D eigenvalue weighted by Gasteiger charge is -2.32. The van der Waals surface area contributed by atoms with E-state index in [1.165, 1.54) is 17.0 Å². The van der Waals surface area contributed by atoms with E-state index in [1.54, 1.807) is 40.7 Å². The van der Waals surface area contributed by atoms with E-state index in [9.17, 15) is 32.3 Å². The van der Waals surface area contributed by atoms with Crippen molar-refractivity contribution in [2.45, 2.75) is 133 Å². The molecule has 14 nitrogen and oxygen atoms in total. The summed E-state index contributed by atoms with van der Waals surface area (Å²) in [6, 6.07) is 2.26. The zero-order chi connectivity index (χ0) is 37.6. The number of hydrogen-bond donors (Lipinski definition) is 4. The lowest BCUT2D eigenvalue weighted by molar-refractivity contribution is -0.141. The molecule has 3 fully saturated rings. The smallest absolute Gasteiger partial charge is 0.408 e. The highest BCUT2D eigenvalue weighted by Crippen LogP contribution is 2.49. The molecule has 0 spiro atoms. The number of amides is 3. The van der Waals surface area contributed by atoms with E-state index in [0.29, 0.717) is 43.3 Å². The van der Waals surface area contributed by atoms with Crippen LogP contribution in [0.2, 0.25) is 0 Å². The number of aliphatic hydroxyl groups is 1. The Bertz CT molecular complexity index is 1860. The molecule has 6 unspecified atom stereocenters. The number of sulfonamides is 1. The minimum atomic E-state index is -3.91. The number of rotatable bonds is 7. The fourth-order valence-corrected chi connectivity index (χ4v) is 8.37. The number of carbonyl (C=O) groups is 3. The minimum Gasteiger partial charge on any atom is -0.471 e. The van der Waals surface area contributed by atoms with Crippen molar-refractivity contribution in [1.29, 1.82) is 0 Å². The molecule has 6 atom stereocenters. The second-order valence-electron chi connectivity index (χ2n) is 15.8. The number of carbonyl (C=O) groups excluding carboxylic acids is 3. The number of aliphatic hydroxyl groups excluding tert-OH is 1. The van der Waals surface area contributed by atoms with E-state index >= 15 is 0 Å². The highest BCUT2D eigenvalue weighted by atomic mass is 32.2. The van der Waals surface area contributed by atoms with Crippen molar-refractivity contribution in [3.63, 3.8) is 0 Å². The van der Waals surface area contributed by atoms with Crippen LogP contribution in [-0.2, 0) is 24.3 Å². The first-order valence-corrected chi connectivity index (χ1v) is 19.5. The number of halogens is 1. The number of aryl methyl sites for hydroxylation is 1. The van der Waals surface area contributed by atoms with E-state index in [2.05, 4.69) is 25.3 Å². The summed E-state index contributed by atoms with van der Waals surface area (Å²) in [6.45, 7) is 8.33. The van der Waals surface area contributed by atoms with Gasteiger partial charge in [0, 0.05) is 12.3 Å². The Morgan fingerprint density at radius 2 is 1.92 bits per heavy atom. The first kappa shape index (κ1) is 37.9. The standard InChI is InChI=1S/C36H49FN6O8S/c1-21-30(40-28-24(37)13-11-15-25(28)38-21)50-23-18-27-29(44)41-36(32(46)42-52(48,49)35(5)16-17-35)19-22(36)12-9-7-6-8-10-14-26(31(45)43(27)20-23)39-33(47)51-34(2,3)4/h9,11-13,15,22-23,26-27,32,42,46H,6-8,10,14,16-20H2,1-5H3,(H,39,47)(H,41,44). The Kier molecular flexibility index (Phi) is 10.3.